The van der Waals surface area contributed by atoms with Gasteiger partial charge in [0.15, 0.2) is 0 Å². The molecule has 2 aromatic heterocycles. The van der Waals surface area contributed by atoms with Crippen molar-refractivity contribution in [2.75, 3.05) is 5.32 Å². The van der Waals surface area contributed by atoms with E-state index in [-0.39, 0.29) is 0 Å². The summed E-state index contributed by atoms with van der Waals surface area (Å²) < 4.78 is 1.75. The summed E-state index contributed by atoms with van der Waals surface area (Å²) in [6, 6.07) is 1.93. The van der Waals surface area contributed by atoms with E-state index in [0.717, 1.165) is 5.69 Å². The molecule has 1 N–H and O–H groups in total. The largest absolute Gasteiger partial charge is 0.348 e. The molecule has 78 valence electrons. The molecule has 0 radical (unpaired) electrons. The monoisotopic (exact) mass is 223 g/mol. The highest BCUT2D eigenvalue weighted by Gasteiger charge is 1.98. The first-order chi connectivity index (χ1) is 7.24. The average molecular weight is 224 g/mol. The molecule has 0 aliphatic heterocycles. The van der Waals surface area contributed by atoms with E-state index in [1.165, 1.54) is 0 Å². The zero-order valence-corrected chi connectivity index (χ0v) is 8.94. The fourth-order valence-corrected chi connectivity index (χ4v) is 1.23. The first kappa shape index (κ1) is 9.92. The van der Waals surface area contributed by atoms with Gasteiger partial charge in [-0.25, -0.2) is 9.97 Å². The summed E-state index contributed by atoms with van der Waals surface area (Å²) in [4.78, 5) is 8.02. The van der Waals surface area contributed by atoms with Crippen LogP contribution in [0.25, 0.3) is 0 Å². The van der Waals surface area contributed by atoms with Crippen LogP contribution in [0.1, 0.15) is 5.69 Å². The van der Waals surface area contributed by atoms with Crippen LogP contribution in [-0.4, -0.2) is 19.7 Å². The highest BCUT2D eigenvalue weighted by atomic mass is 35.5. The standard InChI is InChI=1S/C9H10ClN5/c1-15-3-2-8(14-15)6-13-9-11-4-7(10)5-12-9/h2-5H,6H2,1H3,(H,11,12,13). The predicted molar refractivity (Wildman–Crippen MR) is 57.6 cm³/mol. The highest BCUT2D eigenvalue weighted by molar-refractivity contribution is 6.30. The molecule has 0 saturated heterocycles. The number of nitrogens with zero attached hydrogens (tertiary/aromatic N) is 4. The van der Waals surface area contributed by atoms with Gasteiger partial charge in [0.1, 0.15) is 0 Å². The molecule has 0 aliphatic carbocycles. The molecule has 0 spiro atoms. The van der Waals surface area contributed by atoms with Gasteiger partial charge in [0.25, 0.3) is 0 Å². The Bertz CT molecular complexity index is 436. The molecule has 5 nitrogen and oxygen atoms in total. The van der Waals surface area contributed by atoms with Gasteiger partial charge >= 0.3 is 0 Å². The molecule has 0 bridgehead atoms. The molecule has 0 aromatic carbocycles. The maximum Gasteiger partial charge on any atom is 0.222 e. The Morgan fingerprint density at radius 1 is 1.40 bits per heavy atom. The third kappa shape index (κ3) is 2.66. The van der Waals surface area contributed by atoms with Crippen molar-refractivity contribution in [2.24, 2.45) is 7.05 Å². The number of hydrogen-bond donors (Lipinski definition) is 1. The number of hydrogen-bond acceptors (Lipinski definition) is 4. The quantitative estimate of drug-likeness (QED) is 0.856. The van der Waals surface area contributed by atoms with E-state index < -0.39 is 0 Å². The minimum atomic E-state index is 0.526. The van der Waals surface area contributed by atoms with Gasteiger partial charge in [-0.3, -0.25) is 4.68 Å². The van der Waals surface area contributed by atoms with Gasteiger partial charge in [-0.2, -0.15) is 5.10 Å². The van der Waals surface area contributed by atoms with E-state index in [0.29, 0.717) is 17.5 Å². The zero-order chi connectivity index (χ0) is 10.7. The highest BCUT2D eigenvalue weighted by Crippen LogP contribution is 2.06. The molecule has 0 atom stereocenters. The van der Waals surface area contributed by atoms with Crippen molar-refractivity contribution in [3.05, 3.63) is 35.4 Å². The lowest BCUT2D eigenvalue weighted by molar-refractivity contribution is 0.746. The number of aryl methyl sites for hydroxylation is 1. The van der Waals surface area contributed by atoms with E-state index in [2.05, 4.69) is 20.4 Å². The van der Waals surface area contributed by atoms with Gasteiger partial charge in [0.2, 0.25) is 5.95 Å². The molecule has 0 saturated carbocycles. The Hall–Kier alpha value is -1.62. The molecule has 0 fully saturated rings. The molecule has 2 rings (SSSR count). The van der Waals surface area contributed by atoms with E-state index in [4.69, 9.17) is 11.6 Å². The molecule has 2 heterocycles. The smallest absolute Gasteiger partial charge is 0.222 e. The number of halogens is 1. The van der Waals surface area contributed by atoms with Gasteiger partial charge in [-0.05, 0) is 6.07 Å². The Morgan fingerprint density at radius 2 is 2.13 bits per heavy atom. The van der Waals surface area contributed by atoms with Gasteiger partial charge in [0.05, 0.1) is 29.7 Å². The lowest BCUT2D eigenvalue weighted by Crippen LogP contribution is -2.04. The first-order valence-electron chi connectivity index (χ1n) is 4.44. The Kier molecular flexibility index (Phi) is 2.82. The van der Waals surface area contributed by atoms with E-state index in [9.17, 15) is 0 Å². The maximum atomic E-state index is 5.66. The van der Waals surface area contributed by atoms with Gasteiger partial charge in [-0.1, -0.05) is 11.6 Å². The van der Waals surface area contributed by atoms with Crippen LogP contribution in [0.3, 0.4) is 0 Å². The zero-order valence-electron chi connectivity index (χ0n) is 8.18. The number of aromatic nitrogens is 4. The van der Waals surface area contributed by atoms with Crippen molar-refractivity contribution >= 4 is 17.5 Å². The summed E-state index contributed by atoms with van der Waals surface area (Å²) in [5.74, 6) is 0.546. The van der Waals surface area contributed by atoms with Crippen molar-refractivity contribution in [1.29, 1.82) is 0 Å². The first-order valence-corrected chi connectivity index (χ1v) is 4.82. The number of anilines is 1. The Balaban J connectivity index is 1.96. The lowest BCUT2D eigenvalue weighted by atomic mass is 10.4. The van der Waals surface area contributed by atoms with Gasteiger partial charge in [0, 0.05) is 13.2 Å². The summed E-state index contributed by atoms with van der Waals surface area (Å²) in [6.07, 6.45) is 4.99. The van der Waals surface area contributed by atoms with Crippen LogP contribution in [0, 0.1) is 0 Å². The minimum absolute atomic E-state index is 0.526. The topological polar surface area (TPSA) is 55.6 Å². The Labute approximate surface area is 92.1 Å². The molecular formula is C9H10ClN5. The van der Waals surface area contributed by atoms with Crippen molar-refractivity contribution in [2.45, 2.75) is 6.54 Å². The van der Waals surface area contributed by atoms with Crippen molar-refractivity contribution in [3.63, 3.8) is 0 Å². The second-order valence-corrected chi connectivity index (χ2v) is 3.50. The van der Waals surface area contributed by atoms with Crippen molar-refractivity contribution in [1.82, 2.24) is 19.7 Å². The maximum absolute atomic E-state index is 5.66. The molecule has 0 amide bonds. The second kappa shape index (κ2) is 4.27. The average Bonchev–Trinajstić information content (AvgIpc) is 2.64. The summed E-state index contributed by atoms with van der Waals surface area (Å²) >= 11 is 5.66. The van der Waals surface area contributed by atoms with Crippen LogP contribution in [-0.2, 0) is 13.6 Å². The van der Waals surface area contributed by atoms with Crippen LogP contribution < -0.4 is 5.32 Å². The molecule has 0 unspecified atom stereocenters. The third-order valence-electron chi connectivity index (χ3n) is 1.82. The summed E-state index contributed by atoms with van der Waals surface area (Å²) in [5, 5.41) is 7.79. The van der Waals surface area contributed by atoms with E-state index in [1.54, 1.807) is 17.1 Å². The second-order valence-electron chi connectivity index (χ2n) is 3.06. The van der Waals surface area contributed by atoms with E-state index in [1.807, 2.05) is 19.3 Å². The minimum Gasteiger partial charge on any atom is -0.348 e. The number of rotatable bonds is 3. The molecule has 6 heteroatoms. The van der Waals surface area contributed by atoms with Crippen LogP contribution in [0.4, 0.5) is 5.95 Å². The molecule has 2 aromatic rings. The van der Waals surface area contributed by atoms with Crippen LogP contribution in [0.5, 0.6) is 0 Å². The van der Waals surface area contributed by atoms with Gasteiger partial charge in [-0.15, -0.1) is 0 Å². The van der Waals surface area contributed by atoms with Crippen LogP contribution in [0.15, 0.2) is 24.7 Å². The lowest BCUT2D eigenvalue weighted by Gasteiger charge is -2.01. The van der Waals surface area contributed by atoms with E-state index >= 15 is 0 Å². The van der Waals surface area contributed by atoms with Gasteiger partial charge < -0.3 is 5.32 Å². The Morgan fingerprint density at radius 3 is 2.73 bits per heavy atom. The fraction of sp³-hybridized carbons (Fsp3) is 0.222. The molecule has 15 heavy (non-hydrogen) atoms. The number of nitrogens with one attached hydrogen (secondary N) is 1. The SMILES string of the molecule is Cn1ccc(CNc2ncc(Cl)cn2)n1. The third-order valence-corrected chi connectivity index (χ3v) is 2.01. The van der Waals surface area contributed by atoms with Crippen molar-refractivity contribution < 1.29 is 0 Å². The predicted octanol–water partition coefficient (Wildman–Crippen LogP) is 1.48. The summed E-state index contributed by atoms with van der Waals surface area (Å²) in [6.45, 7) is 0.600. The van der Waals surface area contributed by atoms with Crippen LogP contribution >= 0.6 is 11.6 Å². The summed E-state index contributed by atoms with van der Waals surface area (Å²) in [7, 11) is 1.88. The normalized spacial score (nSPS) is 10.3. The van der Waals surface area contributed by atoms with Crippen LogP contribution in [0.2, 0.25) is 5.02 Å². The summed E-state index contributed by atoms with van der Waals surface area (Å²) in [5.41, 5.74) is 0.941. The molecular weight excluding hydrogens is 214 g/mol. The van der Waals surface area contributed by atoms with Crippen molar-refractivity contribution in [3.8, 4) is 0 Å². The molecule has 0 aliphatic rings. The fourth-order valence-electron chi connectivity index (χ4n) is 1.13.